The first-order chi connectivity index (χ1) is 26.6. The highest BCUT2D eigenvalue weighted by Crippen LogP contribution is 2.52. The molecule has 1 amide bonds. The Balaban J connectivity index is 1.43. The fourth-order valence-corrected chi connectivity index (χ4v) is 8.40. The molecule has 8 nitrogen and oxygen atoms in total. The van der Waals surface area contributed by atoms with E-state index in [9.17, 15) is 24.8 Å². The van der Waals surface area contributed by atoms with Crippen LogP contribution in [0.25, 0.3) is 0 Å². The molecule has 1 aliphatic rings. The lowest BCUT2D eigenvalue weighted by molar-refractivity contribution is -0.120. The van der Waals surface area contributed by atoms with Crippen LogP contribution >= 0.6 is 0 Å². The predicted molar refractivity (Wildman–Crippen MR) is 218 cm³/mol. The molecular weight excluding hydrogens is 687 g/mol. The molecule has 0 aliphatic carbocycles. The van der Waals surface area contributed by atoms with Gasteiger partial charge in [-0.1, -0.05) is 113 Å². The number of nitroso groups, excluding NO2 is 2. The van der Waals surface area contributed by atoms with Crippen molar-refractivity contribution in [3.05, 3.63) is 193 Å². The molecule has 0 saturated carbocycles. The second-order valence-corrected chi connectivity index (χ2v) is 14.8. The van der Waals surface area contributed by atoms with E-state index in [0.29, 0.717) is 11.3 Å². The van der Waals surface area contributed by atoms with Gasteiger partial charge in [-0.3, -0.25) is 4.79 Å². The summed E-state index contributed by atoms with van der Waals surface area (Å²) >= 11 is 0. The van der Waals surface area contributed by atoms with Crippen molar-refractivity contribution in [2.24, 2.45) is 16.3 Å². The molecule has 7 rings (SSSR count). The van der Waals surface area contributed by atoms with Crippen LogP contribution in [-0.2, 0) is 10.2 Å². The topological polar surface area (TPSA) is 128 Å². The number of aromatic hydroxyl groups is 2. The number of para-hydroxylation sites is 1. The average molecular weight is 730 g/mol. The van der Waals surface area contributed by atoms with Crippen LogP contribution < -0.4 is 5.32 Å². The molecule has 8 heteroatoms. The normalized spacial score (nSPS) is 16.6. The largest absolute Gasteiger partial charge is 0.508 e. The number of hydrogen-bond acceptors (Lipinski definition) is 7. The monoisotopic (exact) mass is 729 g/mol. The highest BCUT2D eigenvalue weighted by molar-refractivity contribution is 6.09. The van der Waals surface area contributed by atoms with Crippen LogP contribution in [0.1, 0.15) is 102 Å². The highest BCUT2D eigenvalue weighted by atomic mass is 16.3. The van der Waals surface area contributed by atoms with Crippen molar-refractivity contribution in [1.29, 1.82) is 0 Å². The number of nitrogens with zero attached hydrogens (tertiary/aromatic N) is 2. The van der Waals surface area contributed by atoms with Crippen LogP contribution in [0.15, 0.2) is 144 Å². The second-order valence-electron chi connectivity index (χ2n) is 14.8. The zero-order valence-electron chi connectivity index (χ0n) is 31.2. The Morgan fingerprint density at radius 2 is 1.15 bits per heavy atom. The van der Waals surface area contributed by atoms with Gasteiger partial charge >= 0.3 is 0 Å². The van der Waals surface area contributed by atoms with Gasteiger partial charge in [0, 0.05) is 17.5 Å². The number of hydrogen-bond donors (Lipinski definition) is 3. The molecule has 3 N–H and O–H groups in total. The van der Waals surface area contributed by atoms with E-state index in [4.69, 9.17) is 0 Å². The molecule has 0 saturated heterocycles. The fraction of sp³-hybridized carbons (Fsp3) is 0.213. The van der Waals surface area contributed by atoms with Crippen LogP contribution in [-0.4, -0.2) is 16.1 Å². The Labute approximate surface area is 320 Å². The van der Waals surface area contributed by atoms with Gasteiger partial charge in [0.25, 0.3) is 0 Å². The number of benzene rings is 6. The van der Waals surface area contributed by atoms with Crippen LogP contribution in [0.5, 0.6) is 11.5 Å². The summed E-state index contributed by atoms with van der Waals surface area (Å²) in [6, 6.07) is 41.4. The van der Waals surface area contributed by atoms with E-state index in [-0.39, 0.29) is 40.8 Å². The Morgan fingerprint density at radius 1 is 0.600 bits per heavy atom. The van der Waals surface area contributed by atoms with E-state index in [0.717, 1.165) is 56.6 Å². The molecule has 0 radical (unpaired) electrons. The minimum atomic E-state index is -1.13. The van der Waals surface area contributed by atoms with Crippen LogP contribution in [0.3, 0.4) is 0 Å². The van der Waals surface area contributed by atoms with Gasteiger partial charge in [0.1, 0.15) is 28.3 Å². The molecule has 55 heavy (non-hydrogen) atoms. The molecule has 6 aromatic rings. The van der Waals surface area contributed by atoms with Crippen molar-refractivity contribution >= 4 is 23.0 Å². The van der Waals surface area contributed by atoms with Crippen molar-refractivity contribution in [1.82, 2.24) is 0 Å². The molecule has 276 valence electrons. The Hall–Kier alpha value is -6.41. The van der Waals surface area contributed by atoms with Crippen LogP contribution in [0.4, 0.5) is 17.1 Å². The summed E-state index contributed by atoms with van der Waals surface area (Å²) in [5.41, 5.74) is 8.08. The number of phenols is 2. The van der Waals surface area contributed by atoms with E-state index >= 15 is 0 Å². The third-order valence-electron chi connectivity index (χ3n) is 11.4. The van der Waals surface area contributed by atoms with Gasteiger partial charge in [0.2, 0.25) is 5.91 Å². The van der Waals surface area contributed by atoms with Crippen molar-refractivity contribution in [2.75, 3.05) is 5.32 Å². The summed E-state index contributed by atoms with van der Waals surface area (Å²) in [5, 5.41) is 30.5. The second kappa shape index (κ2) is 15.1. The van der Waals surface area contributed by atoms with Crippen molar-refractivity contribution in [2.45, 2.75) is 57.3 Å². The van der Waals surface area contributed by atoms with E-state index in [2.05, 4.69) is 59.8 Å². The molecule has 6 aromatic carbocycles. The molecule has 1 heterocycles. The number of anilines is 1. The van der Waals surface area contributed by atoms with Crippen molar-refractivity contribution < 1.29 is 15.0 Å². The smallest absolute Gasteiger partial charge is 0.239 e. The van der Waals surface area contributed by atoms with Gasteiger partial charge < -0.3 is 15.5 Å². The van der Waals surface area contributed by atoms with Gasteiger partial charge in [0.15, 0.2) is 0 Å². The van der Waals surface area contributed by atoms with Gasteiger partial charge in [-0.2, -0.15) is 0 Å². The fourth-order valence-electron chi connectivity index (χ4n) is 8.40. The molecule has 1 aliphatic heterocycles. The summed E-state index contributed by atoms with van der Waals surface area (Å²) in [4.78, 5) is 37.9. The summed E-state index contributed by atoms with van der Waals surface area (Å²) in [7, 11) is 0. The van der Waals surface area contributed by atoms with Gasteiger partial charge in [-0.15, -0.1) is 9.81 Å². The summed E-state index contributed by atoms with van der Waals surface area (Å²) in [6.07, 6.45) is 0.873. The lowest BCUT2D eigenvalue weighted by Crippen LogP contribution is -2.42. The number of phenolic OH excluding ortho intramolecular Hbond substituents is 2. The summed E-state index contributed by atoms with van der Waals surface area (Å²) in [5.74, 6) is -0.441. The standard InChI is InChI=1S/C47H43N3O5/c1-5-29(4)39-26-34(18-25-43(39)52)44(31-16-22-37(51)23-17-31)30-10-12-32(13-11-30)45(33-14-19-35(49-54)20-15-33)38-24-21-36(50-55)27-41(38)47(28(2)3)40-8-6-7-9-42(40)48-46(47)53/h6-29,44-45,51-52H,5H2,1-4H3,(H,48,53). The Bertz CT molecular complexity index is 2370. The summed E-state index contributed by atoms with van der Waals surface area (Å²) in [6.45, 7) is 8.23. The minimum absolute atomic E-state index is 0.155. The van der Waals surface area contributed by atoms with E-state index in [1.807, 2.05) is 74.5 Å². The first kappa shape index (κ1) is 36.9. The van der Waals surface area contributed by atoms with Crippen LogP contribution in [0, 0.1) is 15.7 Å². The van der Waals surface area contributed by atoms with Crippen molar-refractivity contribution in [3.8, 4) is 11.5 Å². The van der Waals surface area contributed by atoms with Gasteiger partial charge in [-0.25, -0.2) is 0 Å². The molecule has 0 aromatic heterocycles. The van der Waals surface area contributed by atoms with Crippen molar-refractivity contribution in [3.63, 3.8) is 0 Å². The number of rotatable bonds is 12. The summed E-state index contributed by atoms with van der Waals surface area (Å²) < 4.78 is 0. The molecule has 0 fully saturated rings. The maximum absolute atomic E-state index is 14.3. The SMILES string of the molecule is CCC(C)c1cc(C(c2ccc(O)cc2)c2ccc(C(c3ccc(N=O)cc3)c3ccc(N=O)cc3C3(C(C)C)C(=O)Nc4ccccc43)cc2)ccc1O. The van der Waals surface area contributed by atoms with Gasteiger partial charge in [0.05, 0.1) is 0 Å². The maximum Gasteiger partial charge on any atom is 0.239 e. The first-order valence-electron chi connectivity index (χ1n) is 18.6. The quantitative estimate of drug-likeness (QED) is 0.0853. The molecule has 4 atom stereocenters. The minimum Gasteiger partial charge on any atom is -0.508 e. The molecule has 0 spiro atoms. The number of carbonyl (C=O) groups is 1. The van der Waals surface area contributed by atoms with E-state index in [1.54, 1.807) is 42.5 Å². The number of carbonyl (C=O) groups excluding carboxylic acids is 1. The zero-order chi connectivity index (χ0) is 38.9. The lowest BCUT2D eigenvalue weighted by atomic mass is 9.64. The molecule has 4 unspecified atom stereocenters. The van der Waals surface area contributed by atoms with E-state index < -0.39 is 11.3 Å². The highest BCUT2D eigenvalue weighted by Gasteiger charge is 2.52. The van der Waals surface area contributed by atoms with Crippen LogP contribution in [0.2, 0.25) is 0 Å². The zero-order valence-corrected chi connectivity index (χ0v) is 31.2. The Morgan fingerprint density at radius 3 is 1.75 bits per heavy atom. The third kappa shape index (κ3) is 6.58. The average Bonchev–Trinajstić information content (AvgIpc) is 3.52. The number of fused-ring (bicyclic) bond motifs is 1. The lowest BCUT2D eigenvalue weighted by Gasteiger charge is -2.36. The predicted octanol–water partition coefficient (Wildman–Crippen LogP) is 11.7. The van der Waals surface area contributed by atoms with Gasteiger partial charge in [-0.05, 0) is 127 Å². The number of nitrogens with one attached hydrogen (secondary N) is 1. The first-order valence-corrected chi connectivity index (χ1v) is 18.6. The molecular formula is C47H43N3O5. The van der Waals surface area contributed by atoms with E-state index in [1.165, 1.54) is 0 Å². The Kier molecular flexibility index (Phi) is 10.2. The number of amides is 1. The molecule has 0 bridgehead atoms. The maximum atomic E-state index is 14.3. The third-order valence-corrected chi connectivity index (χ3v) is 11.4.